The fourth-order valence-corrected chi connectivity index (χ4v) is 3.53. The van der Waals surface area contributed by atoms with E-state index in [0.29, 0.717) is 18.5 Å². The maximum absolute atomic E-state index is 9.19. The smallest absolute Gasteiger partial charge is 0.110 e. The number of ether oxygens (including phenoxy) is 1. The summed E-state index contributed by atoms with van der Waals surface area (Å²) in [4.78, 5) is 6.92. The van der Waals surface area contributed by atoms with Gasteiger partial charge in [-0.25, -0.2) is 4.98 Å². The molecule has 102 valence electrons. The number of halogens is 1. The van der Waals surface area contributed by atoms with Crippen LogP contribution < -0.4 is 0 Å². The van der Waals surface area contributed by atoms with E-state index in [1.807, 2.05) is 5.38 Å². The van der Waals surface area contributed by atoms with Gasteiger partial charge in [-0.1, -0.05) is 6.92 Å². The highest BCUT2D eigenvalue weighted by atomic mass is 35.5. The Balaban J connectivity index is 2.07. The monoisotopic (exact) mass is 290 g/mol. The predicted octanol–water partition coefficient (Wildman–Crippen LogP) is 2.03. The van der Waals surface area contributed by atoms with Crippen LogP contribution in [0.3, 0.4) is 0 Å². The van der Waals surface area contributed by atoms with Crippen molar-refractivity contribution in [2.45, 2.75) is 31.4 Å². The Kier molecular flexibility index (Phi) is 5.38. The minimum absolute atomic E-state index is 0.0692. The number of rotatable bonds is 5. The number of alkyl halides is 1. The molecular formula is C12H19ClN2O2S. The molecule has 18 heavy (non-hydrogen) atoms. The van der Waals surface area contributed by atoms with Gasteiger partial charge in [0.05, 0.1) is 36.9 Å². The van der Waals surface area contributed by atoms with Gasteiger partial charge in [-0.2, -0.15) is 0 Å². The van der Waals surface area contributed by atoms with Crippen LogP contribution in [0.4, 0.5) is 0 Å². The second kappa shape index (κ2) is 6.82. The lowest BCUT2D eigenvalue weighted by Crippen LogP contribution is -2.45. The summed E-state index contributed by atoms with van der Waals surface area (Å²) in [6, 6.07) is 0.310. The Labute approximate surface area is 117 Å². The van der Waals surface area contributed by atoms with Crippen LogP contribution >= 0.6 is 22.9 Å². The zero-order chi connectivity index (χ0) is 13.0. The Morgan fingerprint density at radius 3 is 3.17 bits per heavy atom. The van der Waals surface area contributed by atoms with E-state index in [-0.39, 0.29) is 12.7 Å². The van der Waals surface area contributed by atoms with Crippen LogP contribution in [0.1, 0.15) is 30.1 Å². The summed E-state index contributed by atoms with van der Waals surface area (Å²) in [6.07, 6.45) is 0.938. The molecule has 2 heterocycles. The van der Waals surface area contributed by atoms with E-state index in [1.165, 1.54) is 0 Å². The van der Waals surface area contributed by atoms with Crippen LogP contribution in [-0.4, -0.2) is 47.4 Å². The number of hydrogen-bond donors (Lipinski definition) is 1. The number of thiazole rings is 1. The zero-order valence-electron chi connectivity index (χ0n) is 10.5. The van der Waals surface area contributed by atoms with Crippen molar-refractivity contribution in [2.24, 2.45) is 0 Å². The highest BCUT2D eigenvalue weighted by molar-refractivity contribution is 7.09. The lowest BCUT2D eigenvalue weighted by atomic mass is 10.1. The van der Waals surface area contributed by atoms with Crippen molar-refractivity contribution in [2.75, 3.05) is 26.3 Å². The molecule has 6 heteroatoms. The molecule has 1 aromatic heterocycles. The quantitative estimate of drug-likeness (QED) is 0.843. The highest BCUT2D eigenvalue weighted by Gasteiger charge is 2.27. The van der Waals surface area contributed by atoms with Crippen LogP contribution in [0, 0.1) is 0 Å². The number of aliphatic hydroxyl groups is 1. The van der Waals surface area contributed by atoms with Gasteiger partial charge in [-0.05, 0) is 6.42 Å². The summed E-state index contributed by atoms with van der Waals surface area (Å²) in [5, 5.41) is 12.3. The summed E-state index contributed by atoms with van der Waals surface area (Å²) < 4.78 is 5.48. The van der Waals surface area contributed by atoms with Gasteiger partial charge in [0.25, 0.3) is 0 Å². The third-order valence-electron chi connectivity index (χ3n) is 3.19. The molecule has 1 fully saturated rings. The summed E-state index contributed by atoms with van der Waals surface area (Å²) in [5.41, 5.74) is 0.946. The molecule has 0 aliphatic carbocycles. The van der Waals surface area contributed by atoms with Crippen LogP contribution in [0.5, 0.6) is 0 Å². The molecule has 2 atom stereocenters. The van der Waals surface area contributed by atoms with E-state index in [4.69, 9.17) is 16.3 Å². The summed E-state index contributed by atoms with van der Waals surface area (Å²) in [5.74, 6) is 0.468. The second-order valence-corrected chi connectivity index (χ2v) is 5.56. The Morgan fingerprint density at radius 2 is 2.56 bits per heavy atom. The van der Waals surface area contributed by atoms with Crippen LogP contribution in [0.2, 0.25) is 0 Å². The molecule has 1 aliphatic heterocycles. The van der Waals surface area contributed by atoms with Gasteiger partial charge >= 0.3 is 0 Å². The molecule has 0 aromatic carbocycles. The van der Waals surface area contributed by atoms with Crippen LogP contribution in [-0.2, 0) is 10.6 Å². The summed E-state index contributed by atoms with van der Waals surface area (Å²) in [7, 11) is 0. The highest BCUT2D eigenvalue weighted by Crippen LogP contribution is 2.29. The van der Waals surface area contributed by atoms with Crippen molar-refractivity contribution in [1.29, 1.82) is 0 Å². The van der Waals surface area contributed by atoms with Crippen LogP contribution in [0.25, 0.3) is 0 Å². The molecule has 0 bridgehead atoms. The lowest BCUT2D eigenvalue weighted by molar-refractivity contribution is -0.0657. The summed E-state index contributed by atoms with van der Waals surface area (Å²) in [6.45, 7) is 4.58. The Morgan fingerprint density at radius 1 is 1.72 bits per heavy atom. The maximum atomic E-state index is 9.19. The molecule has 1 aliphatic rings. The van der Waals surface area contributed by atoms with Crippen molar-refractivity contribution in [3.8, 4) is 0 Å². The van der Waals surface area contributed by atoms with Gasteiger partial charge in [-0.15, -0.1) is 22.9 Å². The van der Waals surface area contributed by atoms with Gasteiger partial charge in [-0.3, -0.25) is 4.90 Å². The first kappa shape index (κ1) is 14.2. The largest absolute Gasteiger partial charge is 0.394 e. The first-order valence-electron chi connectivity index (χ1n) is 6.25. The van der Waals surface area contributed by atoms with Gasteiger partial charge in [0, 0.05) is 18.5 Å². The number of aromatic nitrogens is 1. The van der Waals surface area contributed by atoms with Crippen molar-refractivity contribution >= 4 is 22.9 Å². The van der Waals surface area contributed by atoms with E-state index in [0.717, 1.165) is 30.2 Å². The van der Waals surface area contributed by atoms with Crippen molar-refractivity contribution in [3.63, 3.8) is 0 Å². The van der Waals surface area contributed by atoms with E-state index in [2.05, 4.69) is 16.8 Å². The molecule has 0 saturated carbocycles. The van der Waals surface area contributed by atoms with Gasteiger partial charge in [0.1, 0.15) is 5.01 Å². The molecule has 4 nitrogen and oxygen atoms in total. The Hall–Kier alpha value is -0.200. The average Bonchev–Trinajstić information content (AvgIpc) is 2.88. The summed E-state index contributed by atoms with van der Waals surface area (Å²) >= 11 is 7.47. The van der Waals surface area contributed by atoms with Crippen LogP contribution in [0.15, 0.2) is 5.38 Å². The van der Waals surface area contributed by atoms with E-state index in [1.54, 1.807) is 11.3 Å². The minimum atomic E-state index is -0.0692. The van der Waals surface area contributed by atoms with E-state index in [9.17, 15) is 5.11 Å². The molecule has 1 aromatic rings. The first-order chi connectivity index (χ1) is 8.78. The standard InChI is InChI=1S/C12H19ClN2O2S/c1-2-11(12-14-9(5-13)8-18-12)15-3-4-17-10(6-15)7-16/h8,10-11,16H,2-7H2,1H3. The average molecular weight is 291 g/mol. The van der Waals surface area contributed by atoms with Crippen molar-refractivity contribution in [1.82, 2.24) is 9.88 Å². The van der Waals surface area contributed by atoms with Gasteiger partial charge < -0.3 is 9.84 Å². The Bertz CT molecular complexity index is 375. The normalized spacial score (nSPS) is 23.2. The predicted molar refractivity (Wildman–Crippen MR) is 73.1 cm³/mol. The number of nitrogens with zero attached hydrogens (tertiary/aromatic N) is 2. The zero-order valence-corrected chi connectivity index (χ0v) is 12.1. The maximum Gasteiger partial charge on any atom is 0.110 e. The number of aliphatic hydroxyl groups excluding tert-OH is 1. The van der Waals surface area contributed by atoms with Crippen molar-refractivity contribution < 1.29 is 9.84 Å². The van der Waals surface area contributed by atoms with Gasteiger partial charge in [0.2, 0.25) is 0 Å². The molecule has 2 unspecified atom stereocenters. The molecular weight excluding hydrogens is 272 g/mol. The number of hydrogen-bond acceptors (Lipinski definition) is 5. The number of morpholine rings is 1. The molecule has 2 rings (SSSR count). The second-order valence-electron chi connectivity index (χ2n) is 4.41. The molecule has 1 saturated heterocycles. The SMILES string of the molecule is CCC(c1nc(CCl)cs1)N1CCOC(CO)C1. The fraction of sp³-hybridized carbons (Fsp3) is 0.750. The van der Waals surface area contributed by atoms with E-state index >= 15 is 0 Å². The van der Waals surface area contributed by atoms with Crippen molar-refractivity contribution in [3.05, 3.63) is 16.1 Å². The first-order valence-corrected chi connectivity index (χ1v) is 7.66. The minimum Gasteiger partial charge on any atom is -0.394 e. The van der Waals surface area contributed by atoms with Gasteiger partial charge in [0.15, 0.2) is 0 Å². The fourth-order valence-electron chi connectivity index (χ4n) is 2.26. The molecule has 1 N–H and O–H groups in total. The lowest BCUT2D eigenvalue weighted by Gasteiger charge is -2.36. The molecule has 0 amide bonds. The van der Waals surface area contributed by atoms with E-state index < -0.39 is 0 Å². The topological polar surface area (TPSA) is 45.6 Å². The third kappa shape index (κ3) is 3.22. The molecule has 0 radical (unpaired) electrons. The third-order valence-corrected chi connectivity index (χ3v) is 4.46. The molecule has 0 spiro atoms.